The number of nitrogens with zero attached hydrogens (tertiary/aromatic N) is 4. The molecule has 1 N–H and O–H groups in total. The van der Waals surface area contributed by atoms with Gasteiger partial charge in [-0.1, -0.05) is 12.1 Å². The van der Waals surface area contributed by atoms with E-state index in [4.69, 9.17) is 4.74 Å². The maximum Gasteiger partial charge on any atom is 0.225 e. The molecule has 1 atom stereocenters. The van der Waals surface area contributed by atoms with E-state index >= 15 is 0 Å². The minimum Gasteiger partial charge on any atom is -0.379 e. The highest BCUT2D eigenvalue weighted by Crippen LogP contribution is 2.23. The average molecular weight is 428 g/mol. The first-order valence-corrected chi connectivity index (χ1v) is 11.1. The molecule has 3 heterocycles. The zero-order valence-electron chi connectivity index (χ0n) is 17.8. The summed E-state index contributed by atoms with van der Waals surface area (Å²) in [7, 11) is 0. The largest absolute Gasteiger partial charge is 0.379 e. The summed E-state index contributed by atoms with van der Waals surface area (Å²) in [6.45, 7) is 6.70. The molecule has 7 nitrogen and oxygen atoms in total. The number of ether oxygens (including phenoxy) is 1. The molecule has 1 aromatic heterocycles. The van der Waals surface area contributed by atoms with E-state index in [0.29, 0.717) is 19.0 Å². The summed E-state index contributed by atoms with van der Waals surface area (Å²) < 4.78 is 18.8. The van der Waals surface area contributed by atoms with Crippen molar-refractivity contribution in [2.45, 2.75) is 19.3 Å². The number of nitrogens with one attached hydrogen (secondary N) is 1. The van der Waals surface area contributed by atoms with Crippen molar-refractivity contribution < 1.29 is 13.9 Å². The Morgan fingerprint density at radius 2 is 1.97 bits per heavy atom. The Morgan fingerprint density at radius 1 is 1.16 bits per heavy atom. The van der Waals surface area contributed by atoms with Crippen molar-refractivity contribution in [1.82, 2.24) is 20.2 Å². The van der Waals surface area contributed by atoms with Crippen molar-refractivity contribution in [3.8, 4) is 11.1 Å². The van der Waals surface area contributed by atoms with Crippen molar-refractivity contribution >= 4 is 11.9 Å². The Kier molecular flexibility index (Phi) is 7.43. The fourth-order valence-electron chi connectivity index (χ4n) is 4.16. The van der Waals surface area contributed by atoms with Gasteiger partial charge in [-0.2, -0.15) is 0 Å². The fourth-order valence-corrected chi connectivity index (χ4v) is 4.16. The molecule has 1 amide bonds. The van der Waals surface area contributed by atoms with Crippen LogP contribution in [0.4, 0.5) is 10.3 Å². The zero-order chi connectivity index (χ0) is 21.5. The van der Waals surface area contributed by atoms with Crippen LogP contribution in [0.5, 0.6) is 0 Å². The van der Waals surface area contributed by atoms with E-state index in [1.807, 2.05) is 6.07 Å². The van der Waals surface area contributed by atoms with Gasteiger partial charge in [0.1, 0.15) is 5.82 Å². The van der Waals surface area contributed by atoms with Crippen molar-refractivity contribution in [3.05, 3.63) is 42.5 Å². The number of halogens is 1. The van der Waals surface area contributed by atoms with Crippen molar-refractivity contribution in [3.63, 3.8) is 0 Å². The Balaban J connectivity index is 1.26. The van der Waals surface area contributed by atoms with Gasteiger partial charge in [-0.25, -0.2) is 14.4 Å². The zero-order valence-corrected chi connectivity index (χ0v) is 17.8. The van der Waals surface area contributed by atoms with Crippen LogP contribution in [0.25, 0.3) is 11.1 Å². The normalized spacial score (nSPS) is 19.9. The lowest BCUT2D eigenvalue weighted by Crippen LogP contribution is -2.44. The molecule has 2 aliphatic rings. The molecule has 0 unspecified atom stereocenters. The molecule has 0 aliphatic carbocycles. The number of benzene rings is 1. The van der Waals surface area contributed by atoms with Crippen LogP contribution in [0.3, 0.4) is 0 Å². The van der Waals surface area contributed by atoms with Crippen LogP contribution in [0.2, 0.25) is 0 Å². The third-order valence-corrected chi connectivity index (χ3v) is 5.93. The second-order valence-electron chi connectivity index (χ2n) is 8.17. The van der Waals surface area contributed by atoms with E-state index in [1.54, 1.807) is 18.5 Å². The lowest BCUT2D eigenvalue weighted by atomic mass is 9.97. The molecule has 2 aliphatic heterocycles. The number of rotatable bonds is 7. The van der Waals surface area contributed by atoms with E-state index < -0.39 is 0 Å². The third kappa shape index (κ3) is 5.98. The maximum atomic E-state index is 13.5. The molecule has 0 saturated carbocycles. The van der Waals surface area contributed by atoms with E-state index in [2.05, 4.69) is 25.1 Å². The van der Waals surface area contributed by atoms with Crippen molar-refractivity contribution in [1.29, 1.82) is 0 Å². The minimum absolute atomic E-state index is 0.0522. The van der Waals surface area contributed by atoms with Crippen LogP contribution >= 0.6 is 0 Å². The SMILES string of the molecule is O=C(NCCCN1CCOCC1)[C@H]1CCCN(c2ncc(-c3cccc(F)c3)cn2)C1. The summed E-state index contributed by atoms with van der Waals surface area (Å²) in [4.78, 5) is 26.0. The van der Waals surface area contributed by atoms with Crippen LogP contribution in [0.1, 0.15) is 19.3 Å². The molecule has 0 radical (unpaired) electrons. The van der Waals surface area contributed by atoms with Crippen LogP contribution < -0.4 is 10.2 Å². The van der Waals surface area contributed by atoms with Crippen molar-refractivity contribution in [2.24, 2.45) is 5.92 Å². The highest BCUT2D eigenvalue weighted by molar-refractivity contribution is 5.79. The first kappa shape index (κ1) is 21.6. The molecule has 2 aromatic rings. The van der Waals surface area contributed by atoms with E-state index in [0.717, 1.165) is 69.8 Å². The molecule has 2 saturated heterocycles. The quantitative estimate of drug-likeness (QED) is 0.684. The molecular weight excluding hydrogens is 397 g/mol. The molecular formula is C23H30FN5O2. The van der Waals surface area contributed by atoms with E-state index in [9.17, 15) is 9.18 Å². The molecule has 8 heteroatoms. The monoisotopic (exact) mass is 427 g/mol. The van der Waals surface area contributed by atoms with Gasteiger partial charge in [0.25, 0.3) is 0 Å². The smallest absolute Gasteiger partial charge is 0.225 e. The van der Waals surface area contributed by atoms with Gasteiger partial charge >= 0.3 is 0 Å². The molecule has 0 spiro atoms. The number of carbonyl (C=O) groups is 1. The van der Waals surface area contributed by atoms with Crippen LogP contribution in [-0.4, -0.2) is 73.3 Å². The molecule has 4 rings (SSSR count). The lowest BCUT2D eigenvalue weighted by Gasteiger charge is -2.32. The molecule has 0 bridgehead atoms. The molecule has 166 valence electrons. The Labute approximate surface area is 182 Å². The van der Waals surface area contributed by atoms with Gasteiger partial charge in [0, 0.05) is 50.7 Å². The number of aromatic nitrogens is 2. The highest BCUT2D eigenvalue weighted by atomic mass is 19.1. The Bertz CT molecular complexity index is 857. The van der Waals surface area contributed by atoms with E-state index in [1.165, 1.54) is 12.1 Å². The van der Waals surface area contributed by atoms with E-state index in [-0.39, 0.29) is 17.6 Å². The summed E-state index contributed by atoms with van der Waals surface area (Å²) in [6, 6.07) is 6.40. The predicted octanol–water partition coefficient (Wildman–Crippen LogP) is 2.34. The Hall–Kier alpha value is -2.58. The first-order chi connectivity index (χ1) is 15.2. The summed E-state index contributed by atoms with van der Waals surface area (Å²) in [5.41, 5.74) is 1.52. The topological polar surface area (TPSA) is 70.6 Å². The number of morpholine rings is 1. The number of amides is 1. The second kappa shape index (κ2) is 10.6. The summed E-state index contributed by atoms with van der Waals surface area (Å²) >= 11 is 0. The van der Waals surface area contributed by atoms with Gasteiger partial charge in [0.05, 0.1) is 19.1 Å². The second-order valence-corrected chi connectivity index (χ2v) is 8.17. The van der Waals surface area contributed by atoms with Gasteiger partial charge in [-0.05, 0) is 43.5 Å². The van der Waals surface area contributed by atoms with Crippen LogP contribution in [0.15, 0.2) is 36.7 Å². The number of hydrogen-bond acceptors (Lipinski definition) is 6. The number of piperidine rings is 1. The maximum absolute atomic E-state index is 13.5. The fraction of sp³-hybridized carbons (Fsp3) is 0.522. The molecule has 2 fully saturated rings. The van der Waals surface area contributed by atoms with Gasteiger partial charge in [0.2, 0.25) is 11.9 Å². The number of carbonyl (C=O) groups excluding carboxylic acids is 1. The summed E-state index contributed by atoms with van der Waals surface area (Å²) in [5.74, 6) is 0.396. The Morgan fingerprint density at radius 3 is 2.74 bits per heavy atom. The number of anilines is 1. The van der Waals surface area contributed by atoms with Crippen LogP contribution in [0, 0.1) is 11.7 Å². The van der Waals surface area contributed by atoms with Crippen LogP contribution in [-0.2, 0) is 9.53 Å². The van der Waals surface area contributed by atoms with Gasteiger partial charge in [-0.15, -0.1) is 0 Å². The molecule has 31 heavy (non-hydrogen) atoms. The third-order valence-electron chi connectivity index (χ3n) is 5.93. The highest BCUT2D eigenvalue weighted by Gasteiger charge is 2.27. The standard InChI is InChI=1S/C23H30FN5O2/c24-21-6-1-4-18(14-21)20-15-26-23(27-16-20)29-9-2-5-19(17-29)22(30)25-7-3-8-28-10-12-31-13-11-28/h1,4,6,14-16,19H,2-3,5,7-13,17H2,(H,25,30)/t19-/m0/s1. The van der Waals surface area contributed by atoms with Gasteiger partial charge in [0.15, 0.2) is 0 Å². The van der Waals surface area contributed by atoms with Crippen molar-refractivity contribution in [2.75, 3.05) is 57.4 Å². The summed E-state index contributed by atoms with van der Waals surface area (Å²) in [6.07, 6.45) is 6.19. The first-order valence-electron chi connectivity index (χ1n) is 11.1. The lowest BCUT2D eigenvalue weighted by molar-refractivity contribution is -0.125. The summed E-state index contributed by atoms with van der Waals surface area (Å²) in [5, 5.41) is 3.10. The predicted molar refractivity (Wildman–Crippen MR) is 117 cm³/mol. The van der Waals surface area contributed by atoms with Gasteiger partial charge < -0.3 is 15.0 Å². The van der Waals surface area contributed by atoms with Gasteiger partial charge in [-0.3, -0.25) is 9.69 Å². The molecule has 1 aromatic carbocycles. The minimum atomic E-state index is -0.281. The number of hydrogen-bond donors (Lipinski definition) is 1. The average Bonchev–Trinajstić information content (AvgIpc) is 2.82.